The van der Waals surface area contributed by atoms with Gasteiger partial charge in [-0.05, 0) is 37.1 Å². The van der Waals surface area contributed by atoms with Crippen molar-refractivity contribution in [1.29, 1.82) is 0 Å². The topological polar surface area (TPSA) is 55.1 Å². The molecule has 0 radical (unpaired) electrons. The highest BCUT2D eigenvalue weighted by Gasteiger charge is 2.21. The Morgan fingerprint density at radius 2 is 2.43 bits per heavy atom. The van der Waals surface area contributed by atoms with E-state index in [2.05, 4.69) is 22.5 Å². The second kappa shape index (κ2) is 6.32. The lowest BCUT2D eigenvalue weighted by Crippen LogP contribution is -2.12. The molecule has 1 aromatic heterocycles. The van der Waals surface area contributed by atoms with Crippen LogP contribution >= 0.6 is 23.5 Å². The van der Waals surface area contributed by atoms with Crippen molar-refractivity contribution in [3.8, 4) is 0 Å². The van der Waals surface area contributed by atoms with Crippen LogP contribution in [-0.4, -0.2) is 37.4 Å². The number of benzene rings is 1. The number of thioether (sulfide) groups is 2. The SMILES string of the molecule is Cc1cccc2nc(SCC(=O)O)n(CC3CCCS3)c12. The zero-order valence-corrected chi connectivity index (χ0v) is 13.5. The van der Waals surface area contributed by atoms with Crippen LogP contribution in [0.2, 0.25) is 0 Å². The van der Waals surface area contributed by atoms with E-state index in [-0.39, 0.29) is 5.75 Å². The average Bonchev–Trinajstić information content (AvgIpc) is 3.06. The molecule has 2 aromatic rings. The van der Waals surface area contributed by atoms with Crippen LogP contribution in [0.5, 0.6) is 0 Å². The number of hydrogen-bond donors (Lipinski definition) is 1. The van der Waals surface area contributed by atoms with Gasteiger partial charge in [-0.2, -0.15) is 11.8 Å². The molecular formula is C15H18N2O2S2. The highest BCUT2D eigenvalue weighted by molar-refractivity contribution is 8.00. The van der Waals surface area contributed by atoms with E-state index in [1.54, 1.807) is 0 Å². The van der Waals surface area contributed by atoms with Crippen LogP contribution in [0.25, 0.3) is 11.0 Å². The minimum Gasteiger partial charge on any atom is -0.481 e. The fourth-order valence-corrected chi connectivity index (χ4v) is 4.73. The summed E-state index contributed by atoms with van der Waals surface area (Å²) >= 11 is 3.33. The van der Waals surface area contributed by atoms with Crippen molar-refractivity contribution < 1.29 is 9.90 Å². The first-order valence-electron chi connectivity index (χ1n) is 7.07. The van der Waals surface area contributed by atoms with Gasteiger partial charge in [0.1, 0.15) is 0 Å². The number of aromatic nitrogens is 2. The molecule has 1 saturated heterocycles. The van der Waals surface area contributed by atoms with E-state index in [0.717, 1.165) is 22.7 Å². The zero-order chi connectivity index (χ0) is 14.8. The van der Waals surface area contributed by atoms with E-state index in [9.17, 15) is 4.79 Å². The number of hydrogen-bond acceptors (Lipinski definition) is 4. The van der Waals surface area contributed by atoms with Gasteiger partial charge in [0.15, 0.2) is 5.16 Å². The second-order valence-electron chi connectivity index (χ2n) is 5.27. The summed E-state index contributed by atoms with van der Waals surface area (Å²) in [7, 11) is 0. The van der Waals surface area contributed by atoms with Crippen molar-refractivity contribution >= 4 is 40.5 Å². The normalized spacial score (nSPS) is 18.4. The summed E-state index contributed by atoms with van der Waals surface area (Å²) in [5.74, 6) is 0.485. The molecule has 2 heterocycles. The summed E-state index contributed by atoms with van der Waals surface area (Å²) in [6.07, 6.45) is 2.51. The smallest absolute Gasteiger partial charge is 0.313 e. The highest BCUT2D eigenvalue weighted by atomic mass is 32.2. The average molecular weight is 322 g/mol. The first-order valence-corrected chi connectivity index (χ1v) is 9.10. The molecule has 0 bridgehead atoms. The summed E-state index contributed by atoms with van der Waals surface area (Å²) in [6.45, 7) is 3.02. The predicted octanol–water partition coefficient (Wildman–Crippen LogP) is 3.42. The molecule has 1 unspecified atom stereocenters. The molecule has 0 spiro atoms. The number of imidazole rings is 1. The number of carbonyl (C=O) groups is 1. The van der Waals surface area contributed by atoms with Gasteiger partial charge in [0.05, 0.1) is 16.8 Å². The van der Waals surface area contributed by atoms with E-state index in [1.807, 2.05) is 23.9 Å². The molecule has 3 rings (SSSR count). The van der Waals surface area contributed by atoms with E-state index in [0.29, 0.717) is 5.25 Å². The number of carboxylic acid groups (broad SMARTS) is 1. The third-order valence-electron chi connectivity index (χ3n) is 3.67. The lowest BCUT2D eigenvalue weighted by Gasteiger charge is -2.14. The minimum absolute atomic E-state index is 0.0557. The van der Waals surface area contributed by atoms with Crippen molar-refractivity contribution in [3.63, 3.8) is 0 Å². The predicted molar refractivity (Wildman–Crippen MR) is 88.3 cm³/mol. The molecule has 4 nitrogen and oxygen atoms in total. The molecule has 0 aliphatic carbocycles. The molecular weight excluding hydrogens is 304 g/mol. The van der Waals surface area contributed by atoms with Gasteiger partial charge in [-0.3, -0.25) is 4.79 Å². The summed E-state index contributed by atoms with van der Waals surface area (Å²) in [4.78, 5) is 15.5. The van der Waals surface area contributed by atoms with Crippen LogP contribution < -0.4 is 0 Å². The van der Waals surface area contributed by atoms with Gasteiger partial charge in [0.25, 0.3) is 0 Å². The first kappa shape index (κ1) is 14.8. The summed E-state index contributed by atoms with van der Waals surface area (Å²) in [5.41, 5.74) is 3.31. The van der Waals surface area contributed by atoms with E-state index in [4.69, 9.17) is 5.11 Å². The summed E-state index contributed by atoms with van der Waals surface area (Å²) in [5, 5.41) is 10.4. The Kier molecular flexibility index (Phi) is 4.45. The maximum absolute atomic E-state index is 10.8. The number of nitrogens with zero attached hydrogens (tertiary/aromatic N) is 2. The maximum Gasteiger partial charge on any atom is 0.313 e. The second-order valence-corrected chi connectivity index (χ2v) is 7.62. The monoisotopic (exact) mass is 322 g/mol. The molecule has 0 saturated carbocycles. The Hall–Kier alpha value is -1.14. The zero-order valence-electron chi connectivity index (χ0n) is 11.9. The van der Waals surface area contributed by atoms with E-state index < -0.39 is 5.97 Å². The van der Waals surface area contributed by atoms with Crippen molar-refractivity contribution in [3.05, 3.63) is 23.8 Å². The molecule has 1 fully saturated rings. The van der Waals surface area contributed by atoms with Crippen LogP contribution in [0.3, 0.4) is 0 Å². The highest BCUT2D eigenvalue weighted by Crippen LogP contribution is 2.32. The molecule has 21 heavy (non-hydrogen) atoms. The number of rotatable bonds is 5. The van der Waals surface area contributed by atoms with Crippen molar-refractivity contribution in [2.45, 2.75) is 36.7 Å². The lowest BCUT2D eigenvalue weighted by molar-refractivity contribution is -0.133. The Morgan fingerprint density at radius 3 is 3.14 bits per heavy atom. The molecule has 1 aliphatic heterocycles. The van der Waals surface area contributed by atoms with Crippen LogP contribution in [0.4, 0.5) is 0 Å². The third-order valence-corrected chi connectivity index (χ3v) is 6.01. The van der Waals surface area contributed by atoms with Gasteiger partial charge in [-0.1, -0.05) is 23.9 Å². The fourth-order valence-electron chi connectivity index (χ4n) is 2.74. The van der Waals surface area contributed by atoms with Crippen LogP contribution in [0.15, 0.2) is 23.4 Å². The van der Waals surface area contributed by atoms with Gasteiger partial charge < -0.3 is 9.67 Å². The Labute approximate surface area is 132 Å². The maximum atomic E-state index is 10.8. The van der Waals surface area contributed by atoms with Crippen LogP contribution in [0.1, 0.15) is 18.4 Å². The van der Waals surface area contributed by atoms with E-state index in [1.165, 1.54) is 35.9 Å². The fraction of sp³-hybridized carbons (Fsp3) is 0.467. The van der Waals surface area contributed by atoms with Crippen molar-refractivity contribution in [2.24, 2.45) is 0 Å². The quantitative estimate of drug-likeness (QED) is 0.855. The van der Waals surface area contributed by atoms with Crippen molar-refractivity contribution in [1.82, 2.24) is 9.55 Å². The van der Waals surface area contributed by atoms with Gasteiger partial charge >= 0.3 is 5.97 Å². The van der Waals surface area contributed by atoms with Crippen LogP contribution in [-0.2, 0) is 11.3 Å². The molecule has 6 heteroatoms. The molecule has 1 N–H and O–H groups in total. The van der Waals surface area contributed by atoms with Gasteiger partial charge in [0, 0.05) is 11.8 Å². The van der Waals surface area contributed by atoms with Gasteiger partial charge in [-0.15, -0.1) is 0 Å². The molecule has 0 amide bonds. The number of aliphatic carboxylic acids is 1. The lowest BCUT2D eigenvalue weighted by atomic mass is 10.2. The Morgan fingerprint density at radius 1 is 1.57 bits per heavy atom. The Bertz CT molecular complexity index is 663. The number of aryl methyl sites for hydroxylation is 1. The molecule has 1 aliphatic rings. The first-order chi connectivity index (χ1) is 10.1. The number of para-hydroxylation sites is 1. The number of carboxylic acids is 1. The molecule has 1 atom stereocenters. The standard InChI is InChI=1S/C15H18N2O2S2/c1-10-4-2-6-12-14(10)17(8-11-5-3-7-20-11)15(16-12)21-9-13(18)19/h2,4,6,11H,3,5,7-9H2,1H3,(H,18,19). The number of fused-ring (bicyclic) bond motifs is 1. The van der Waals surface area contributed by atoms with Gasteiger partial charge in [-0.25, -0.2) is 4.98 Å². The minimum atomic E-state index is -0.800. The van der Waals surface area contributed by atoms with Crippen molar-refractivity contribution in [2.75, 3.05) is 11.5 Å². The van der Waals surface area contributed by atoms with Crippen LogP contribution in [0, 0.1) is 6.92 Å². The van der Waals surface area contributed by atoms with E-state index >= 15 is 0 Å². The Balaban J connectivity index is 1.98. The summed E-state index contributed by atoms with van der Waals surface area (Å²) < 4.78 is 2.22. The van der Waals surface area contributed by atoms with Gasteiger partial charge in [0.2, 0.25) is 0 Å². The molecule has 1 aromatic carbocycles. The third kappa shape index (κ3) is 3.21. The largest absolute Gasteiger partial charge is 0.481 e. The summed E-state index contributed by atoms with van der Waals surface area (Å²) in [6, 6.07) is 6.10. The molecule has 112 valence electrons.